The molecule has 3 fully saturated rings. The van der Waals surface area contributed by atoms with E-state index in [4.69, 9.17) is 23.7 Å². The standard InChI is InChI=1S/C22H30O8/c1-12-6-7-21(10-26-13(2)23)18(8-12)30-19-16(28-14(3)24)9-17(29-15(4)25)20(21,5)22(19)11-27-22/h8,16-19H,6-7,9-11H2,1-5H3/t16-,17-,18-,19-,20-,21-,22-/m1/s1. The van der Waals surface area contributed by atoms with Crippen molar-refractivity contribution in [3.05, 3.63) is 11.6 Å². The van der Waals surface area contributed by atoms with Gasteiger partial charge < -0.3 is 23.7 Å². The number of hydrogen-bond acceptors (Lipinski definition) is 8. The van der Waals surface area contributed by atoms with E-state index in [2.05, 4.69) is 13.0 Å². The quantitative estimate of drug-likeness (QED) is 0.294. The van der Waals surface area contributed by atoms with Crippen LogP contribution in [0.15, 0.2) is 11.6 Å². The minimum atomic E-state index is -0.777. The van der Waals surface area contributed by atoms with Crippen LogP contribution in [0.2, 0.25) is 0 Å². The molecule has 4 aliphatic rings. The summed E-state index contributed by atoms with van der Waals surface area (Å²) in [5.74, 6) is -1.20. The smallest absolute Gasteiger partial charge is 0.302 e. The van der Waals surface area contributed by atoms with Crippen molar-refractivity contribution in [3.8, 4) is 0 Å². The summed E-state index contributed by atoms with van der Waals surface area (Å²) in [6.07, 6.45) is 1.85. The highest BCUT2D eigenvalue weighted by molar-refractivity contribution is 5.67. The summed E-state index contributed by atoms with van der Waals surface area (Å²) in [6.45, 7) is 8.75. The van der Waals surface area contributed by atoms with E-state index in [0.717, 1.165) is 6.42 Å². The normalized spacial score (nSPS) is 43.8. The second-order valence-corrected chi connectivity index (χ2v) is 9.29. The number of hydrogen-bond donors (Lipinski definition) is 0. The van der Waals surface area contributed by atoms with Crippen LogP contribution in [0.4, 0.5) is 0 Å². The molecule has 8 heteroatoms. The van der Waals surface area contributed by atoms with Gasteiger partial charge in [-0.05, 0) is 19.8 Å². The van der Waals surface area contributed by atoms with Gasteiger partial charge in [-0.15, -0.1) is 0 Å². The van der Waals surface area contributed by atoms with E-state index < -0.39 is 46.7 Å². The maximum atomic E-state index is 12.1. The van der Waals surface area contributed by atoms with Crippen molar-refractivity contribution in [2.24, 2.45) is 10.8 Å². The highest BCUT2D eigenvalue weighted by Crippen LogP contribution is 2.70. The molecule has 4 rings (SSSR count). The van der Waals surface area contributed by atoms with Crippen LogP contribution in [0.25, 0.3) is 0 Å². The van der Waals surface area contributed by atoms with Crippen LogP contribution in [0.5, 0.6) is 0 Å². The van der Waals surface area contributed by atoms with Gasteiger partial charge in [0.1, 0.15) is 30.5 Å². The molecule has 0 unspecified atom stereocenters. The van der Waals surface area contributed by atoms with E-state index in [1.54, 1.807) is 0 Å². The molecule has 0 N–H and O–H groups in total. The Kier molecular flexibility index (Phi) is 5.01. The fraction of sp³-hybridized carbons (Fsp3) is 0.773. The minimum absolute atomic E-state index is 0.140. The molecule has 2 bridgehead atoms. The zero-order valence-electron chi connectivity index (χ0n) is 18.2. The third-order valence-electron chi connectivity index (χ3n) is 7.65. The molecule has 0 aromatic rings. The van der Waals surface area contributed by atoms with Crippen LogP contribution in [-0.4, -0.2) is 61.1 Å². The van der Waals surface area contributed by atoms with Gasteiger partial charge in [0.2, 0.25) is 0 Å². The van der Waals surface area contributed by atoms with Crippen molar-refractivity contribution < 1.29 is 38.1 Å². The SMILES string of the molecule is CC(=O)OC[C@]12CCC(C)=C[C@H]1O[C@@H]1[C@H](OC(C)=O)C[C@@H](OC(C)=O)[C@@]2(C)[C@@]12CO2. The van der Waals surface area contributed by atoms with Gasteiger partial charge in [-0.25, -0.2) is 0 Å². The highest BCUT2D eigenvalue weighted by Gasteiger charge is 2.82. The average molecular weight is 422 g/mol. The monoisotopic (exact) mass is 422 g/mol. The van der Waals surface area contributed by atoms with Gasteiger partial charge in [0.05, 0.1) is 18.1 Å². The van der Waals surface area contributed by atoms with Crippen molar-refractivity contribution in [1.29, 1.82) is 0 Å². The lowest BCUT2D eigenvalue weighted by molar-refractivity contribution is -0.315. The van der Waals surface area contributed by atoms with Crippen LogP contribution in [0.3, 0.4) is 0 Å². The van der Waals surface area contributed by atoms with Gasteiger partial charge in [0.25, 0.3) is 0 Å². The van der Waals surface area contributed by atoms with E-state index in [0.29, 0.717) is 19.4 Å². The Labute approximate surface area is 176 Å². The van der Waals surface area contributed by atoms with E-state index in [9.17, 15) is 14.4 Å². The summed E-state index contributed by atoms with van der Waals surface area (Å²) in [5, 5.41) is 0. The van der Waals surface area contributed by atoms with Crippen LogP contribution in [0.1, 0.15) is 53.9 Å². The van der Waals surface area contributed by atoms with Crippen molar-refractivity contribution in [2.75, 3.05) is 13.2 Å². The first-order valence-electron chi connectivity index (χ1n) is 10.5. The number of carbonyl (C=O) groups excluding carboxylic acids is 3. The summed E-state index contributed by atoms with van der Waals surface area (Å²) in [5.41, 5.74) is -0.920. The van der Waals surface area contributed by atoms with E-state index in [-0.39, 0.29) is 18.7 Å². The third-order valence-corrected chi connectivity index (χ3v) is 7.65. The number of fused-ring (bicyclic) bond motifs is 2. The zero-order valence-corrected chi connectivity index (χ0v) is 18.2. The third kappa shape index (κ3) is 2.91. The highest BCUT2D eigenvalue weighted by atomic mass is 16.7. The molecule has 0 aromatic carbocycles. The Balaban J connectivity index is 1.85. The molecule has 0 radical (unpaired) electrons. The molecule has 1 spiro atoms. The molecule has 2 aliphatic carbocycles. The maximum Gasteiger partial charge on any atom is 0.302 e. The topological polar surface area (TPSA) is 101 Å². The predicted molar refractivity (Wildman–Crippen MR) is 103 cm³/mol. The summed E-state index contributed by atoms with van der Waals surface area (Å²) >= 11 is 0. The van der Waals surface area contributed by atoms with E-state index in [1.807, 2.05) is 6.92 Å². The number of carbonyl (C=O) groups is 3. The van der Waals surface area contributed by atoms with Gasteiger partial charge in [-0.3, -0.25) is 14.4 Å². The summed E-state index contributed by atoms with van der Waals surface area (Å²) in [7, 11) is 0. The van der Waals surface area contributed by atoms with Crippen LogP contribution < -0.4 is 0 Å². The van der Waals surface area contributed by atoms with Gasteiger partial charge in [-0.2, -0.15) is 0 Å². The second kappa shape index (κ2) is 7.05. The lowest BCUT2D eigenvalue weighted by Crippen LogP contribution is -2.77. The Morgan fingerprint density at radius 3 is 2.37 bits per heavy atom. The predicted octanol–water partition coefficient (Wildman–Crippen LogP) is 2.09. The summed E-state index contributed by atoms with van der Waals surface area (Å²) < 4.78 is 29.7. The van der Waals surface area contributed by atoms with Gasteiger partial charge in [0, 0.05) is 32.6 Å². The Morgan fingerprint density at radius 1 is 1.13 bits per heavy atom. The molecule has 30 heavy (non-hydrogen) atoms. The maximum absolute atomic E-state index is 12.1. The summed E-state index contributed by atoms with van der Waals surface area (Å²) in [4.78, 5) is 35.6. The number of allylic oxidation sites excluding steroid dienone is 1. The number of epoxide rings is 1. The molecule has 2 aliphatic heterocycles. The Bertz CT molecular complexity index is 799. The van der Waals surface area contributed by atoms with Crippen LogP contribution in [0, 0.1) is 10.8 Å². The fourth-order valence-corrected chi connectivity index (χ4v) is 6.09. The number of esters is 3. The fourth-order valence-electron chi connectivity index (χ4n) is 6.09. The van der Waals surface area contributed by atoms with Gasteiger partial charge in [0.15, 0.2) is 0 Å². The first-order valence-corrected chi connectivity index (χ1v) is 10.5. The van der Waals surface area contributed by atoms with Crippen LogP contribution in [-0.2, 0) is 38.1 Å². The zero-order chi connectivity index (χ0) is 21.9. The van der Waals surface area contributed by atoms with Gasteiger partial charge in [-0.1, -0.05) is 18.6 Å². The summed E-state index contributed by atoms with van der Waals surface area (Å²) in [6, 6.07) is 0. The molecule has 0 amide bonds. The molecular weight excluding hydrogens is 392 g/mol. The molecular formula is C22H30O8. The van der Waals surface area contributed by atoms with Crippen molar-refractivity contribution in [2.45, 2.75) is 83.9 Å². The Hall–Kier alpha value is -1.93. The van der Waals surface area contributed by atoms with Crippen molar-refractivity contribution >= 4 is 17.9 Å². The number of ether oxygens (including phenoxy) is 5. The molecule has 2 saturated heterocycles. The van der Waals surface area contributed by atoms with Crippen molar-refractivity contribution in [1.82, 2.24) is 0 Å². The van der Waals surface area contributed by atoms with Crippen molar-refractivity contribution in [3.63, 3.8) is 0 Å². The second-order valence-electron chi connectivity index (χ2n) is 9.29. The molecule has 166 valence electrons. The first kappa shape index (κ1) is 21.3. The lowest BCUT2D eigenvalue weighted by atomic mass is 9.45. The molecule has 2 heterocycles. The molecule has 7 atom stereocenters. The molecule has 8 nitrogen and oxygen atoms in total. The van der Waals surface area contributed by atoms with Crippen LogP contribution >= 0.6 is 0 Å². The van der Waals surface area contributed by atoms with Gasteiger partial charge >= 0.3 is 17.9 Å². The van der Waals surface area contributed by atoms with E-state index >= 15 is 0 Å². The molecule has 0 aromatic heterocycles. The average Bonchev–Trinajstić information content (AvgIpc) is 3.42. The largest absolute Gasteiger partial charge is 0.465 e. The first-order chi connectivity index (χ1) is 14.1. The van der Waals surface area contributed by atoms with E-state index in [1.165, 1.54) is 26.3 Å². The molecule has 1 saturated carbocycles. The Morgan fingerprint density at radius 2 is 1.80 bits per heavy atom. The minimum Gasteiger partial charge on any atom is -0.465 e. The number of rotatable bonds is 4. The lowest BCUT2D eigenvalue weighted by Gasteiger charge is -2.66.